The van der Waals surface area contributed by atoms with Crippen LogP contribution in [0.25, 0.3) is 0 Å². The summed E-state index contributed by atoms with van der Waals surface area (Å²) < 4.78 is 0. The van der Waals surface area contributed by atoms with Crippen LogP contribution in [-0.2, 0) is 0 Å². The fourth-order valence-corrected chi connectivity index (χ4v) is 1.55. The van der Waals surface area contributed by atoms with Crippen LogP contribution in [0.2, 0.25) is 0 Å². The number of aromatic hydroxyl groups is 1. The summed E-state index contributed by atoms with van der Waals surface area (Å²) in [6.45, 7) is 8.13. The van der Waals surface area contributed by atoms with E-state index in [1.807, 2.05) is 19.9 Å². The van der Waals surface area contributed by atoms with Gasteiger partial charge < -0.3 is 10.8 Å². The van der Waals surface area contributed by atoms with Crippen LogP contribution in [0.15, 0.2) is 12.1 Å². The molecule has 0 heterocycles. The molecule has 0 fully saturated rings. The maximum absolute atomic E-state index is 9.50. The Morgan fingerprint density at radius 3 is 2.21 bits per heavy atom. The lowest BCUT2D eigenvalue weighted by atomic mass is 9.91. The van der Waals surface area contributed by atoms with Crippen molar-refractivity contribution in [3.63, 3.8) is 0 Å². The minimum absolute atomic E-state index is 0.0503. The quantitative estimate of drug-likeness (QED) is 0.758. The number of phenols is 1. The SMILES string of the molecule is Cc1c(O)ccc(C(N)C(C)C)c1C. The second kappa shape index (κ2) is 4.01. The van der Waals surface area contributed by atoms with Crippen molar-refractivity contribution in [2.24, 2.45) is 11.7 Å². The van der Waals surface area contributed by atoms with Crippen molar-refractivity contribution in [3.05, 3.63) is 28.8 Å². The van der Waals surface area contributed by atoms with Crippen LogP contribution in [0.3, 0.4) is 0 Å². The van der Waals surface area contributed by atoms with E-state index in [0.717, 1.165) is 16.7 Å². The van der Waals surface area contributed by atoms with E-state index >= 15 is 0 Å². The van der Waals surface area contributed by atoms with Crippen molar-refractivity contribution in [2.75, 3.05) is 0 Å². The minimum Gasteiger partial charge on any atom is -0.508 e. The van der Waals surface area contributed by atoms with E-state index in [0.29, 0.717) is 11.7 Å². The third-order valence-corrected chi connectivity index (χ3v) is 2.88. The van der Waals surface area contributed by atoms with Gasteiger partial charge in [-0.15, -0.1) is 0 Å². The predicted octanol–water partition coefficient (Wildman–Crippen LogP) is 2.66. The smallest absolute Gasteiger partial charge is 0.118 e. The van der Waals surface area contributed by atoms with E-state index in [2.05, 4.69) is 13.8 Å². The topological polar surface area (TPSA) is 46.2 Å². The highest BCUT2D eigenvalue weighted by molar-refractivity contribution is 5.43. The third kappa shape index (κ3) is 1.90. The average Bonchev–Trinajstić information content (AvgIpc) is 2.13. The highest BCUT2D eigenvalue weighted by Crippen LogP contribution is 2.28. The third-order valence-electron chi connectivity index (χ3n) is 2.88. The summed E-state index contributed by atoms with van der Waals surface area (Å²) in [5.41, 5.74) is 9.24. The largest absolute Gasteiger partial charge is 0.508 e. The Bertz CT molecular complexity index is 331. The standard InChI is InChI=1S/C12H19NO/c1-7(2)12(13)10-5-6-11(14)9(4)8(10)3/h5-7,12,14H,13H2,1-4H3. The molecule has 0 radical (unpaired) electrons. The lowest BCUT2D eigenvalue weighted by molar-refractivity contribution is 0.467. The predicted molar refractivity (Wildman–Crippen MR) is 59.3 cm³/mol. The van der Waals surface area contributed by atoms with Crippen molar-refractivity contribution < 1.29 is 5.11 Å². The summed E-state index contributed by atoms with van der Waals surface area (Å²) in [6.07, 6.45) is 0. The van der Waals surface area contributed by atoms with E-state index in [1.165, 1.54) is 0 Å². The van der Waals surface area contributed by atoms with Gasteiger partial charge in [0.2, 0.25) is 0 Å². The lowest BCUT2D eigenvalue weighted by Crippen LogP contribution is -2.18. The monoisotopic (exact) mass is 193 g/mol. The first-order valence-corrected chi connectivity index (χ1v) is 4.99. The first-order chi connectivity index (χ1) is 6.45. The second-order valence-electron chi connectivity index (χ2n) is 4.19. The van der Waals surface area contributed by atoms with Crippen LogP contribution in [0.4, 0.5) is 0 Å². The van der Waals surface area contributed by atoms with Gasteiger partial charge in [-0.2, -0.15) is 0 Å². The van der Waals surface area contributed by atoms with Gasteiger partial charge in [0.15, 0.2) is 0 Å². The minimum atomic E-state index is 0.0503. The van der Waals surface area contributed by atoms with Crippen molar-refractivity contribution >= 4 is 0 Å². The molecular formula is C12H19NO. The lowest BCUT2D eigenvalue weighted by Gasteiger charge is -2.20. The number of nitrogens with two attached hydrogens (primary N) is 1. The van der Waals surface area contributed by atoms with E-state index in [-0.39, 0.29) is 6.04 Å². The Hall–Kier alpha value is -1.02. The first-order valence-electron chi connectivity index (χ1n) is 4.99. The maximum atomic E-state index is 9.50. The number of phenolic OH excluding ortho intramolecular Hbond substituents is 1. The van der Waals surface area contributed by atoms with Gasteiger partial charge in [0.1, 0.15) is 5.75 Å². The molecule has 2 heteroatoms. The van der Waals surface area contributed by atoms with Crippen LogP contribution < -0.4 is 5.73 Å². The van der Waals surface area contributed by atoms with E-state index in [9.17, 15) is 5.11 Å². The van der Waals surface area contributed by atoms with Gasteiger partial charge in [-0.1, -0.05) is 19.9 Å². The molecule has 1 rings (SSSR count). The van der Waals surface area contributed by atoms with Gasteiger partial charge in [-0.25, -0.2) is 0 Å². The normalized spacial score (nSPS) is 13.3. The van der Waals surface area contributed by atoms with Crippen molar-refractivity contribution in [3.8, 4) is 5.75 Å². The van der Waals surface area contributed by atoms with Gasteiger partial charge in [0.25, 0.3) is 0 Å². The summed E-state index contributed by atoms with van der Waals surface area (Å²) in [5.74, 6) is 0.764. The highest BCUT2D eigenvalue weighted by atomic mass is 16.3. The van der Waals surface area contributed by atoms with Gasteiger partial charge in [-0.05, 0) is 42.5 Å². The highest BCUT2D eigenvalue weighted by Gasteiger charge is 2.14. The Balaban J connectivity index is 3.17. The molecule has 0 aliphatic heterocycles. The molecule has 0 aliphatic rings. The van der Waals surface area contributed by atoms with E-state index in [1.54, 1.807) is 6.07 Å². The molecule has 0 bridgehead atoms. The fraction of sp³-hybridized carbons (Fsp3) is 0.500. The summed E-state index contributed by atoms with van der Waals surface area (Å²) >= 11 is 0. The first kappa shape index (κ1) is 11.1. The Kier molecular flexibility index (Phi) is 3.17. The Labute approximate surface area is 85.8 Å². The molecule has 1 atom stereocenters. The molecule has 2 nitrogen and oxygen atoms in total. The molecule has 3 N–H and O–H groups in total. The van der Waals surface area contributed by atoms with Gasteiger partial charge in [-0.3, -0.25) is 0 Å². The molecule has 0 aliphatic carbocycles. The van der Waals surface area contributed by atoms with Crippen LogP contribution in [0.5, 0.6) is 5.75 Å². The summed E-state index contributed by atoms with van der Waals surface area (Å²) in [5, 5.41) is 9.50. The van der Waals surface area contributed by atoms with Crippen LogP contribution in [0, 0.1) is 19.8 Å². The summed E-state index contributed by atoms with van der Waals surface area (Å²) in [4.78, 5) is 0. The zero-order valence-electron chi connectivity index (χ0n) is 9.33. The zero-order chi connectivity index (χ0) is 10.9. The molecule has 0 spiro atoms. The summed E-state index contributed by atoms with van der Waals surface area (Å²) in [7, 11) is 0. The average molecular weight is 193 g/mol. The molecule has 1 aromatic carbocycles. The van der Waals surface area contributed by atoms with Crippen LogP contribution >= 0.6 is 0 Å². The fourth-order valence-electron chi connectivity index (χ4n) is 1.55. The summed E-state index contributed by atoms with van der Waals surface area (Å²) in [6, 6.07) is 3.69. The van der Waals surface area contributed by atoms with E-state index < -0.39 is 0 Å². The van der Waals surface area contributed by atoms with Crippen LogP contribution in [0.1, 0.15) is 36.6 Å². The van der Waals surface area contributed by atoms with Crippen molar-refractivity contribution in [1.82, 2.24) is 0 Å². The molecule has 0 aromatic heterocycles. The maximum Gasteiger partial charge on any atom is 0.118 e. The molecule has 78 valence electrons. The molecule has 0 saturated carbocycles. The number of benzene rings is 1. The molecule has 14 heavy (non-hydrogen) atoms. The molecular weight excluding hydrogens is 174 g/mol. The van der Waals surface area contributed by atoms with Gasteiger partial charge in [0, 0.05) is 6.04 Å². The van der Waals surface area contributed by atoms with Crippen molar-refractivity contribution in [1.29, 1.82) is 0 Å². The number of hydrogen-bond donors (Lipinski definition) is 2. The zero-order valence-corrected chi connectivity index (χ0v) is 9.33. The molecule has 0 saturated heterocycles. The Morgan fingerprint density at radius 2 is 1.71 bits per heavy atom. The van der Waals surface area contributed by atoms with Crippen molar-refractivity contribution in [2.45, 2.75) is 33.7 Å². The molecule has 1 aromatic rings. The Morgan fingerprint density at radius 1 is 1.14 bits per heavy atom. The second-order valence-corrected chi connectivity index (χ2v) is 4.19. The van der Waals surface area contributed by atoms with E-state index in [4.69, 9.17) is 5.73 Å². The molecule has 1 unspecified atom stereocenters. The number of hydrogen-bond acceptors (Lipinski definition) is 2. The van der Waals surface area contributed by atoms with Crippen LogP contribution in [-0.4, -0.2) is 5.11 Å². The number of rotatable bonds is 2. The van der Waals surface area contributed by atoms with Gasteiger partial charge in [0.05, 0.1) is 0 Å². The van der Waals surface area contributed by atoms with Gasteiger partial charge >= 0.3 is 0 Å². The molecule has 0 amide bonds.